The molecule has 0 spiro atoms. The van der Waals surface area contributed by atoms with Crippen molar-refractivity contribution in [3.05, 3.63) is 96.2 Å². The molecule has 0 bridgehead atoms. The number of carbonyl (C=O) groups is 1. The predicted octanol–water partition coefficient (Wildman–Crippen LogP) is 5.72. The van der Waals surface area contributed by atoms with E-state index in [9.17, 15) is 10.1 Å². The van der Waals surface area contributed by atoms with Crippen molar-refractivity contribution in [1.29, 1.82) is 5.26 Å². The average Bonchev–Trinajstić information content (AvgIpc) is 2.83. The van der Waals surface area contributed by atoms with Crippen LogP contribution in [0.2, 0.25) is 0 Å². The Morgan fingerprint density at radius 1 is 0.938 bits per heavy atom. The van der Waals surface area contributed by atoms with Crippen molar-refractivity contribution in [2.45, 2.75) is 11.9 Å². The standard InChI is InChI=1S/C26H20N4OS/c1-18-9-8-14-24(28-18)30-25(31)17-32-26-22(16-27)21(19-10-4-2-5-11-19)15-23(29-26)20-12-6-3-7-13-20/h2-15H,17H2,1H3,(H,28,30,31). The molecular weight excluding hydrogens is 416 g/mol. The molecule has 0 aliphatic heterocycles. The summed E-state index contributed by atoms with van der Waals surface area (Å²) in [6.07, 6.45) is 0. The van der Waals surface area contributed by atoms with Gasteiger partial charge in [-0.25, -0.2) is 9.97 Å². The Labute approximate surface area is 191 Å². The SMILES string of the molecule is Cc1cccc(NC(=O)CSc2nc(-c3ccccc3)cc(-c3ccccc3)c2C#N)n1. The fourth-order valence-corrected chi connectivity index (χ4v) is 4.06. The average molecular weight is 437 g/mol. The molecule has 0 saturated heterocycles. The van der Waals surface area contributed by atoms with Gasteiger partial charge in [0.05, 0.1) is 17.0 Å². The van der Waals surface area contributed by atoms with Crippen molar-refractivity contribution in [3.63, 3.8) is 0 Å². The lowest BCUT2D eigenvalue weighted by Crippen LogP contribution is -2.15. The van der Waals surface area contributed by atoms with Gasteiger partial charge in [-0.2, -0.15) is 5.26 Å². The molecule has 1 N–H and O–H groups in total. The minimum Gasteiger partial charge on any atom is -0.310 e. The number of carbonyl (C=O) groups excluding carboxylic acids is 1. The quantitative estimate of drug-likeness (QED) is 0.391. The number of thioether (sulfide) groups is 1. The maximum Gasteiger partial charge on any atom is 0.235 e. The summed E-state index contributed by atoms with van der Waals surface area (Å²) >= 11 is 1.25. The van der Waals surface area contributed by atoms with E-state index in [0.29, 0.717) is 16.4 Å². The van der Waals surface area contributed by atoms with Gasteiger partial charge in [0, 0.05) is 16.8 Å². The summed E-state index contributed by atoms with van der Waals surface area (Å²) in [5.41, 5.74) is 4.72. The minimum absolute atomic E-state index is 0.115. The van der Waals surface area contributed by atoms with Crippen LogP contribution >= 0.6 is 11.8 Å². The number of nitrogens with zero attached hydrogens (tertiary/aromatic N) is 3. The molecule has 156 valence electrons. The van der Waals surface area contributed by atoms with Crippen LogP contribution in [0.25, 0.3) is 22.4 Å². The number of amides is 1. The Morgan fingerprint density at radius 2 is 1.62 bits per heavy atom. The predicted molar refractivity (Wildman–Crippen MR) is 128 cm³/mol. The molecule has 2 heterocycles. The Bertz CT molecular complexity index is 1280. The number of benzene rings is 2. The van der Waals surface area contributed by atoms with Gasteiger partial charge in [-0.05, 0) is 30.7 Å². The number of hydrogen-bond donors (Lipinski definition) is 1. The first-order chi connectivity index (χ1) is 15.6. The summed E-state index contributed by atoms with van der Waals surface area (Å²) in [6, 6.07) is 29.3. The van der Waals surface area contributed by atoms with Crippen molar-refractivity contribution in [3.8, 4) is 28.5 Å². The first kappa shape index (κ1) is 21.3. The number of rotatable bonds is 6. The third-order valence-corrected chi connectivity index (χ3v) is 5.72. The molecule has 5 nitrogen and oxygen atoms in total. The van der Waals surface area contributed by atoms with Gasteiger partial charge in [-0.15, -0.1) is 0 Å². The molecule has 2 aromatic carbocycles. The van der Waals surface area contributed by atoms with Crippen molar-refractivity contribution in [1.82, 2.24) is 9.97 Å². The number of hydrogen-bond acceptors (Lipinski definition) is 5. The van der Waals surface area contributed by atoms with Crippen LogP contribution in [0.4, 0.5) is 5.82 Å². The molecule has 0 unspecified atom stereocenters. The van der Waals surface area contributed by atoms with Crippen LogP contribution in [0, 0.1) is 18.3 Å². The van der Waals surface area contributed by atoms with Gasteiger partial charge in [0.2, 0.25) is 5.91 Å². The Kier molecular flexibility index (Phi) is 6.59. The fraction of sp³-hybridized carbons (Fsp3) is 0.0769. The zero-order valence-corrected chi connectivity index (χ0v) is 18.3. The van der Waals surface area contributed by atoms with Crippen LogP contribution < -0.4 is 5.32 Å². The summed E-state index contributed by atoms with van der Waals surface area (Å²) in [4.78, 5) is 21.6. The highest BCUT2D eigenvalue weighted by Crippen LogP contribution is 2.34. The second kappa shape index (κ2) is 9.90. The molecule has 2 aromatic heterocycles. The van der Waals surface area contributed by atoms with Crippen LogP contribution in [0.1, 0.15) is 11.3 Å². The number of nitrogens with one attached hydrogen (secondary N) is 1. The first-order valence-corrected chi connectivity index (χ1v) is 11.0. The highest BCUT2D eigenvalue weighted by Gasteiger charge is 2.17. The van der Waals surface area contributed by atoms with Crippen LogP contribution in [0.3, 0.4) is 0 Å². The molecule has 0 aliphatic carbocycles. The van der Waals surface area contributed by atoms with Crippen molar-refractivity contribution in [2.24, 2.45) is 0 Å². The lowest BCUT2D eigenvalue weighted by atomic mass is 9.99. The molecule has 0 radical (unpaired) electrons. The maximum absolute atomic E-state index is 12.5. The fourth-order valence-electron chi connectivity index (χ4n) is 3.26. The van der Waals surface area contributed by atoms with E-state index in [0.717, 1.165) is 28.1 Å². The third kappa shape index (κ3) is 5.02. The van der Waals surface area contributed by atoms with Gasteiger partial charge in [0.1, 0.15) is 16.9 Å². The molecule has 4 rings (SSSR count). The molecule has 0 fully saturated rings. The van der Waals surface area contributed by atoms with Gasteiger partial charge in [-0.1, -0.05) is 78.5 Å². The van der Waals surface area contributed by atoms with E-state index in [1.165, 1.54) is 11.8 Å². The highest BCUT2D eigenvalue weighted by molar-refractivity contribution is 8.00. The molecule has 0 saturated carbocycles. The monoisotopic (exact) mass is 436 g/mol. The molecule has 0 aliphatic rings. The minimum atomic E-state index is -0.204. The van der Waals surface area contributed by atoms with Crippen molar-refractivity contribution in [2.75, 3.05) is 11.1 Å². The molecule has 6 heteroatoms. The topological polar surface area (TPSA) is 78.7 Å². The molecular formula is C26H20N4OS. The van der Waals surface area contributed by atoms with Crippen molar-refractivity contribution >= 4 is 23.5 Å². The van der Waals surface area contributed by atoms with Crippen LogP contribution in [0.15, 0.2) is 90.0 Å². The summed E-state index contributed by atoms with van der Waals surface area (Å²) in [7, 11) is 0. The summed E-state index contributed by atoms with van der Waals surface area (Å²) < 4.78 is 0. The van der Waals surface area contributed by atoms with E-state index >= 15 is 0 Å². The van der Waals surface area contributed by atoms with Crippen LogP contribution in [-0.4, -0.2) is 21.6 Å². The summed E-state index contributed by atoms with van der Waals surface area (Å²) in [6.45, 7) is 1.87. The van der Waals surface area contributed by atoms with Crippen LogP contribution in [0.5, 0.6) is 0 Å². The number of anilines is 1. The zero-order chi connectivity index (χ0) is 22.3. The second-order valence-electron chi connectivity index (χ2n) is 7.08. The van der Waals surface area contributed by atoms with E-state index in [1.807, 2.05) is 85.8 Å². The first-order valence-electron chi connectivity index (χ1n) is 10.1. The van der Waals surface area contributed by atoms with Gasteiger partial charge in [0.25, 0.3) is 0 Å². The number of nitriles is 1. The van der Waals surface area contributed by atoms with Gasteiger partial charge in [-0.3, -0.25) is 4.79 Å². The largest absolute Gasteiger partial charge is 0.310 e. The Hall–Kier alpha value is -3.95. The normalized spacial score (nSPS) is 10.4. The molecule has 4 aromatic rings. The summed E-state index contributed by atoms with van der Waals surface area (Å²) in [5, 5.41) is 13.3. The lowest BCUT2D eigenvalue weighted by molar-refractivity contribution is -0.113. The van der Waals surface area contributed by atoms with E-state index in [4.69, 9.17) is 4.98 Å². The molecule has 0 atom stereocenters. The van der Waals surface area contributed by atoms with E-state index < -0.39 is 0 Å². The lowest BCUT2D eigenvalue weighted by Gasteiger charge is -2.12. The Morgan fingerprint density at radius 3 is 2.28 bits per heavy atom. The van der Waals surface area contributed by atoms with E-state index in [2.05, 4.69) is 16.4 Å². The second-order valence-corrected chi connectivity index (χ2v) is 8.04. The third-order valence-electron chi connectivity index (χ3n) is 4.75. The Balaban J connectivity index is 1.67. The summed E-state index contributed by atoms with van der Waals surface area (Å²) in [5.74, 6) is 0.418. The number of aromatic nitrogens is 2. The maximum atomic E-state index is 12.5. The number of pyridine rings is 2. The van der Waals surface area contributed by atoms with Gasteiger partial charge < -0.3 is 5.32 Å². The van der Waals surface area contributed by atoms with Crippen LogP contribution in [-0.2, 0) is 4.79 Å². The smallest absolute Gasteiger partial charge is 0.235 e. The van der Waals surface area contributed by atoms with E-state index in [1.54, 1.807) is 6.07 Å². The van der Waals surface area contributed by atoms with E-state index in [-0.39, 0.29) is 11.7 Å². The van der Waals surface area contributed by atoms with Gasteiger partial charge in [0.15, 0.2) is 0 Å². The molecule has 1 amide bonds. The highest BCUT2D eigenvalue weighted by atomic mass is 32.2. The van der Waals surface area contributed by atoms with Crippen molar-refractivity contribution < 1.29 is 4.79 Å². The van der Waals surface area contributed by atoms with Gasteiger partial charge >= 0.3 is 0 Å². The number of aryl methyl sites for hydroxylation is 1. The molecule has 32 heavy (non-hydrogen) atoms. The zero-order valence-electron chi connectivity index (χ0n) is 17.4.